The van der Waals surface area contributed by atoms with Crippen LogP contribution < -0.4 is 14.4 Å². The molecule has 1 amide bonds. The molecule has 32 heavy (non-hydrogen) atoms. The van der Waals surface area contributed by atoms with E-state index in [-0.39, 0.29) is 5.91 Å². The Labute approximate surface area is 191 Å². The van der Waals surface area contributed by atoms with Crippen LogP contribution in [-0.4, -0.2) is 51.2 Å². The van der Waals surface area contributed by atoms with E-state index in [1.54, 1.807) is 31.2 Å². The predicted octanol–water partition coefficient (Wildman–Crippen LogP) is 3.15. The van der Waals surface area contributed by atoms with Gasteiger partial charge in [-0.1, -0.05) is 24.3 Å². The predicted molar refractivity (Wildman–Crippen MR) is 127 cm³/mol. The molecule has 174 valence electrons. The summed E-state index contributed by atoms with van der Waals surface area (Å²) in [7, 11) is -3.66. The van der Waals surface area contributed by atoms with Crippen LogP contribution in [0.25, 0.3) is 0 Å². The number of sulfonamides is 1. The van der Waals surface area contributed by atoms with Crippen molar-refractivity contribution in [1.29, 1.82) is 0 Å². The quantitative estimate of drug-likeness (QED) is 0.591. The molecular formula is C24H33N3O4S. The van der Waals surface area contributed by atoms with Crippen LogP contribution in [-0.2, 0) is 27.9 Å². The van der Waals surface area contributed by atoms with E-state index in [4.69, 9.17) is 4.74 Å². The first-order valence-electron chi connectivity index (χ1n) is 11.1. The van der Waals surface area contributed by atoms with Gasteiger partial charge in [0.1, 0.15) is 11.8 Å². The molecule has 0 saturated carbocycles. The van der Waals surface area contributed by atoms with Gasteiger partial charge < -0.3 is 10.1 Å². The fraction of sp³-hybridized carbons (Fsp3) is 0.458. The van der Waals surface area contributed by atoms with Crippen LogP contribution in [0.5, 0.6) is 5.75 Å². The molecule has 0 aliphatic carbocycles. The number of rotatable bonds is 10. The average Bonchev–Trinajstić information content (AvgIpc) is 3.26. The summed E-state index contributed by atoms with van der Waals surface area (Å²) in [6.45, 7) is 7.59. The van der Waals surface area contributed by atoms with Gasteiger partial charge in [-0.25, -0.2) is 8.42 Å². The van der Waals surface area contributed by atoms with Crippen molar-refractivity contribution in [2.24, 2.45) is 0 Å². The van der Waals surface area contributed by atoms with E-state index in [1.165, 1.54) is 18.4 Å². The molecule has 0 aromatic heterocycles. The van der Waals surface area contributed by atoms with Gasteiger partial charge in [-0.2, -0.15) is 0 Å². The van der Waals surface area contributed by atoms with Gasteiger partial charge in [0.2, 0.25) is 15.9 Å². The second-order valence-electron chi connectivity index (χ2n) is 8.18. The number of ether oxygens (including phenoxy) is 1. The lowest BCUT2D eigenvalue weighted by molar-refractivity contribution is -0.122. The summed E-state index contributed by atoms with van der Waals surface area (Å²) < 4.78 is 31.5. The molecule has 1 aliphatic heterocycles. The Morgan fingerprint density at radius 3 is 2.22 bits per heavy atom. The van der Waals surface area contributed by atoms with Gasteiger partial charge in [-0.15, -0.1) is 0 Å². The largest absolute Gasteiger partial charge is 0.494 e. The smallest absolute Gasteiger partial charge is 0.243 e. The summed E-state index contributed by atoms with van der Waals surface area (Å²) in [5, 5.41) is 2.87. The van der Waals surface area contributed by atoms with Crippen LogP contribution in [0.1, 0.15) is 37.8 Å². The minimum Gasteiger partial charge on any atom is -0.494 e. The molecule has 0 unspecified atom stereocenters. The Bertz CT molecular complexity index is 985. The van der Waals surface area contributed by atoms with Gasteiger partial charge in [0, 0.05) is 13.1 Å². The van der Waals surface area contributed by atoms with E-state index in [9.17, 15) is 13.2 Å². The first-order chi connectivity index (χ1) is 15.3. The van der Waals surface area contributed by atoms with E-state index >= 15 is 0 Å². The summed E-state index contributed by atoms with van der Waals surface area (Å²) >= 11 is 0. The van der Waals surface area contributed by atoms with Crippen LogP contribution >= 0.6 is 0 Å². The van der Waals surface area contributed by atoms with Gasteiger partial charge in [-0.05, 0) is 75.2 Å². The van der Waals surface area contributed by atoms with Gasteiger partial charge in [-0.3, -0.25) is 14.0 Å². The van der Waals surface area contributed by atoms with Crippen LogP contribution in [0.3, 0.4) is 0 Å². The van der Waals surface area contributed by atoms with Crippen molar-refractivity contribution in [3.05, 3.63) is 59.7 Å². The molecule has 2 aromatic rings. The molecule has 8 heteroatoms. The van der Waals surface area contributed by atoms with Crippen molar-refractivity contribution in [2.75, 3.05) is 30.3 Å². The van der Waals surface area contributed by atoms with Crippen molar-refractivity contribution in [3.8, 4) is 5.75 Å². The standard InChI is InChI=1S/C24H33N3O4S/c1-4-31-23-13-11-22(12-14-23)27(32(3,29)30)19(2)24(28)25-17-20-7-9-21(10-8-20)18-26-15-5-6-16-26/h7-14,19H,4-6,15-18H2,1-3H3,(H,25,28)/t19-/m1/s1. The van der Waals surface area contributed by atoms with Gasteiger partial charge in [0.05, 0.1) is 18.6 Å². The Morgan fingerprint density at radius 1 is 1.06 bits per heavy atom. The molecule has 1 N–H and O–H groups in total. The zero-order chi connectivity index (χ0) is 23.1. The van der Waals surface area contributed by atoms with Crippen LogP contribution in [0.15, 0.2) is 48.5 Å². The van der Waals surface area contributed by atoms with Crippen molar-refractivity contribution in [2.45, 2.75) is 45.8 Å². The zero-order valence-electron chi connectivity index (χ0n) is 19.1. The molecule has 1 heterocycles. The number of nitrogens with one attached hydrogen (secondary N) is 1. The lowest BCUT2D eigenvalue weighted by Crippen LogP contribution is -2.47. The summed E-state index contributed by atoms with van der Waals surface area (Å²) in [5.74, 6) is 0.292. The normalized spacial score (nSPS) is 15.3. The van der Waals surface area contributed by atoms with E-state index in [0.29, 0.717) is 24.6 Å². The average molecular weight is 460 g/mol. The molecule has 2 aromatic carbocycles. The number of likely N-dealkylation sites (tertiary alicyclic amines) is 1. The Balaban J connectivity index is 1.61. The Morgan fingerprint density at radius 2 is 1.66 bits per heavy atom. The molecule has 7 nitrogen and oxygen atoms in total. The van der Waals surface area contributed by atoms with Gasteiger partial charge in [0.25, 0.3) is 0 Å². The second kappa shape index (κ2) is 10.8. The van der Waals surface area contributed by atoms with Crippen molar-refractivity contribution < 1.29 is 17.9 Å². The Kier molecular flexibility index (Phi) is 8.15. The number of amides is 1. The maximum atomic E-state index is 12.8. The fourth-order valence-corrected chi connectivity index (χ4v) is 5.14. The van der Waals surface area contributed by atoms with Crippen molar-refractivity contribution in [1.82, 2.24) is 10.2 Å². The maximum absolute atomic E-state index is 12.8. The minimum absolute atomic E-state index is 0.341. The molecule has 1 fully saturated rings. The zero-order valence-corrected chi connectivity index (χ0v) is 19.9. The second-order valence-corrected chi connectivity index (χ2v) is 10.0. The number of anilines is 1. The van der Waals surface area contributed by atoms with E-state index in [2.05, 4.69) is 22.3 Å². The van der Waals surface area contributed by atoms with Crippen molar-refractivity contribution in [3.63, 3.8) is 0 Å². The van der Waals surface area contributed by atoms with Crippen LogP contribution in [0.2, 0.25) is 0 Å². The fourth-order valence-electron chi connectivity index (χ4n) is 3.96. The number of benzene rings is 2. The third kappa shape index (κ3) is 6.46. The van der Waals surface area contributed by atoms with Crippen LogP contribution in [0, 0.1) is 0 Å². The third-order valence-corrected chi connectivity index (χ3v) is 6.83. The first-order valence-corrected chi connectivity index (χ1v) is 12.9. The highest BCUT2D eigenvalue weighted by Crippen LogP contribution is 2.24. The minimum atomic E-state index is -3.66. The highest BCUT2D eigenvalue weighted by molar-refractivity contribution is 7.92. The van der Waals surface area contributed by atoms with Gasteiger partial charge >= 0.3 is 0 Å². The summed E-state index contributed by atoms with van der Waals surface area (Å²) in [6.07, 6.45) is 3.64. The topological polar surface area (TPSA) is 79.0 Å². The molecule has 1 aliphatic rings. The summed E-state index contributed by atoms with van der Waals surface area (Å²) in [6, 6.07) is 14.0. The molecule has 1 atom stereocenters. The number of carbonyl (C=O) groups excluding carboxylic acids is 1. The number of hydrogen-bond acceptors (Lipinski definition) is 5. The highest BCUT2D eigenvalue weighted by atomic mass is 32.2. The molecule has 0 spiro atoms. The first kappa shape index (κ1) is 24.1. The third-order valence-electron chi connectivity index (χ3n) is 5.59. The Hall–Kier alpha value is -2.58. The number of hydrogen-bond donors (Lipinski definition) is 1. The molecular weight excluding hydrogens is 426 g/mol. The molecule has 0 radical (unpaired) electrons. The number of carbonyl (C=O) groups is 1. The van der Waals surface area contributed by atoms with E-state index < -0.39 is 16.1 Å². The van der Waals surface area contributed by atoms with Gasteiger partial charge in [0.15, 0.2) is 0 Å². The molecule has 1 saturated heterocycles. The number of nitrogens with zero attached hydrogens (tertiary/aromatic N) is 2. The maximum Gasteiger partial charge on any atom is 0.243 e. The molecule has 3 rings (SSSR count). The monoisotopic (exact) mass is 459 g/mol. The van der Waals surface area contributed by atoms with Crippen LogP contribution in [0.4, 0.5) is 5.69 Å². The lowest BCUT2D eigenvalue weighted by atomic mass is 10.1. The van der Waals surface area contributed by atoms with E-state index in [1.807, 2.05) is 19.1 Å². The lowest BCUT2D eigenvalue weighted by Gasteiger charge is -2.28. The highest BCUT2D eigenvalue weighted by Gasteiger charge is 2.29. The van der Waals surface area contributed by atoms with E-state index in [0.717, 1.165) is 35.8 Å². The van der Waals surface area contributed by atoms with Crippen molar-refractivity contribution >= 4 is 21.6 Å². The molecule has 0 bridgehead atoms. The summed E-state index contributed by atoms with van der Waals surface area (Å²) in [4.78, 5) is 15.2. The summed E-state index contributed by atoms with van der Waals surface area (Å²) in [5.41, 5.74) is 2.65. The SMILES string of the molecule is CCOc1ccc(N([C@H](C)C(=O)NCc2ccc(CN3CCCC3)cc2)S(C)(=O)=O)cc1.